The second-order valence-corrected chi connectivity index (χ2v) is 16.9. The molecule has 2 N–H and O–H groups in total. The van der Waals surface area contributed by atoms with E-state index in [1.165, 1.54) is 0 Å². The number of halogens is 1. The Morgan fingerprint density at radius 3 is 2.46 bits per heavy atom. The van der Waals surface area contributed by atoms with Crippen molar-refractivity contribution < 1.29 is 33.8 Å². The lowest BCUT2D eigenvalue weighted by molar-refractivity contribution is -0.153. The van der Waals surface area contributed by atoms with Crippen LogP contribution in [0, 0.1) is 17.3 Å². The summed E-state index contributed by atoms with van der Waals surface area (Å²) in [4.78, 5) is 59.7. The molecule has 0 aliphatic carbocycles. The molecule has 0 radical (unpaired) electrons. The van der Waals surface area contributed by atoms with Crippen LogP contribution in [0.25, 0.3) is 0 Å². The first kappa shape index (κ1) is 39.8. The van der Waals surface area contributed by atoms with Crippen LogP contribution in [-0.2, 0) is 28.7 Å². The number of ether oxygens (including phenoxy) is 2. The highest BCUT2D eigenvalue weighted by Gasteiger charge is 2.76. The largest absolute Gasteiger partial charge is 0.463 e. The number of amides is 3. The molecule has 1 spiro atoms. The van der Waals surface area contributed by atoms with E-state index < -0.39 is 47.1 Å². The van der Waals surface area contributed by atoms with Gasteiger partial charge in [-0.05, 0) is 63.4 Å². The Kier molecular flexibility index (Phi) is 13.2. The van der Waals surface area contributed by atoms with Crippen molar-refractivity contribution in [3.05, 3.63) is 61.2 Å². The van der Waals surface area contributed by atoms with E-state index in [-0.39, 0.29) is 47.6 Å². The van der Waals surface area contributed by atoms with Crippen molar-refractivity contribution in [3.63, 3.8) is 0 Å². The number of nitrogens with zero attached hydrogens (tertiary/aromatic N) is 2. The minimum atomic E-state index is -1.22. The highest BCUT2D eigenvalue weighted by atomic mass is 79.9. The number of aliphatic hydroxyl groups excluding tert-OH is 1. The molecule has 276 valence electrons. The highest BCUT2D eigenvalue weighted by Crippen LogP contribution is 2.60. The van der Waals surface area contributed by atoms with E-state index in [1.807, 2.05) is 49.1 Å². The summed E-state index contributed by atoms with van der Waals surface area (Å²) in [7, 11) is 0. The van der Waals surface area contributed by atoms with Gasteiger partial charge in [0.1, 0.15) is 18.2 Å². The number of nitrogens with one attached hydrogen (secondary N) is 1. The van der Waals surface area contributed by atoms with Crippen LogP contribution in [0.15, 0.2) is 55.6 Å². The molecule has 0 aromatic heterocycles. The van der Waals surface area contributed by atoms with Crippen LogP contribution in [0.3, 0.4) is 0 Å². The number of benzene rings is 1. The summed E-state index contributed by atoms with van der Waals surface area (Å²) >= 11 is 3.78. The minimum Gasteiger partial charge on any atom is -0.463 e. The van der Waals surface area contributed by atoms with E-state index in [1.54, 1.807) is 17.1 Å². The summed E-state index contributed by atoms with van der Waals surface area (Å²) in [6.45, 7) is 18.7. The Bertz CT molecular complexity index is 1400. The molecular weight excluding hydrogens is 702 g/mol. The lowest BCUT2D eigenvalue weighted by Gasteiger charge is -2.45. The first-order valence-corrected chi connectivity index (χ1v) is 18.8. The number of hydrogen-bond acceptors (Lipinski definition) is 7. The van der Waals surface area contributed by atoms with Crippen molar-refractivity contribution >= 4 is 39.6 Å². The van der Waals surface area contributed by atoms with E-state index >= 15 is 4.79 Å². The number of likely N-dealkylation sites (tertiary alicyclic amines) is 1. The molecule has 3 heterocycles. The maximum Gasteiger partial charge on any atom is 0.306 e. The van der Waals surface area contributed by atoms with Crippen molar-refractivity contribution in [1.82, 2.24) is 15.1 Å². The number of esters is 1. The molecule has 7 atom stereocenters. The quantitative estimate of drug-likeness (QED) is 0.0878. The van der Waals surface area contributed by atoms with Crippen molar-refractivity contribution in [1.29, 1.82) is 0 Å². The Morgan fingerprint density at radius 1 is 1.14 bits per heavy atom. The third kappa shape index (κ3) is 8.53. The fourth-order valence-corrected chi connectivity index (χ4v) is 9.41. The molecule has 4 rings (SSSR count). The maximum atomic E-state index is 15.0. The number of rotatable bonds is 18. The molecule has 3 saturated heterocycles. The monoisotopic (exact) mass is 757 g/mol. The van der Waals surface area contributed by atoms with Crippen LogP contribution in [0.4, 0.5) is 0 Å². The summed E-state index contributed by atoms with van der Waals surface area (Å²) in [6, 6.07) is 7.66. The second-order valence-electron chi connectivity index (χ2n) is 15.7. The van der Waals surface area contributed by atoms with Crippen LogP contribution >= 0.6 is 15.9 Å². The fourth-order valence-electron chi connectivity index (χ4n) is 8.47. The Morgan fingerprint density at radius 2 is 1.84 bits per heavy atom. The number of carbonyl (C=O) groups is 4. The van der Waals surface area contributed by atoms with Gasteiger partial charge in [0.25, 0.3) is 0 Å². The molecule has 3 fully saturated rings. The molecule has 10 nitrogen and oxygen atoms in total. The molecule has 1 aromatic carbocycles. The molecule has 3 aliphatic rings. The minimum absolute atomic E-state index is 0.0431. The number of fused-ring (bicyclic) bond motifs is 1. The number of hydrogen-bond donors (Lipinski definition) is 2. The summed E-state index contributed by atoms with van der Waals surface area (Å²) in [6.07, 6.45) is 6.35. The van der Waals surface area contributed by atoms with Gasteiger partial charge >= 0.3 is 5.97 Å². The van der Waals surface area contributed by atoms with Gasteiger partial charge < -0.3 is 29.7 Å². The number of alkyl halides is 1. The molecule has 2 bridgehead atoms. The third-order valence-electron chi connectivity index (χ3n) is 10.1. The lowest BCUT2D eigenvalue weighted by atomic mass is 9.70. The smallest absolute Gasteiger partial charge is 0.306 e. The van der Waals surface area contributed by atoms with Crippen molar-refractivity contribution in [2.24, 2.45) is 17.3 Å². The maximum absolute atomic E-state index is 15.0. The molecule has 3 amide bonds. The zero-order valence-electron chi connectivity index (χ0n) is 30.4. The van der Waals surface area contributed by atoms with Gasteiger partial charge in [-0.25, -0.2) is 0 Å². The van der Waals surface area contributed by atoms with Crippen molar-refractivity contribution in [3.8, 4) is 0 Å². The van der Waals surface area contributed by atoms with Crippen molar-refractivity contribution in [2.45, 2.75) is 114 Å². The average Bonchev–Trinajstić information content (AvgIpc) is 3.64. The van der Waals surface area contributed by atoms with Gasteiger partial charge in [-0.3, -0.25) is 19.2 Å². The first-order valence-electron chi connectivity index (χ1n) is 17.9. The Balaban J connectivity index is 1.70. The lowest BCUT2D eigenvalue weighted by Crippen LogP contribution is -2.61. The predicted octanol–water partition coefficient (Wildman–Crippen LogP) is 5.49. The second kappa shape index (κ2) is 16.5. The molecular formula is C39H56BrN3O7. The van der Waals surface area contributed by atoms with Crippen LogP contribution in [0.2, 0.25) is 0 Å². The van der Waals surface area contributed by atoms with E-state index in [0.717, 1.165) is 5.56 Å². The topological polar surface area (TPSA) is 125 Å². The van der Waals surface area contributed by atoms with Crippen molar-refractivity contribution in [2.75, 3.05) is 26.3 Å². The van der Waals surface area contributed by atoms with E-state index in [9.17, 15) is 19.5 Å². The molecule has 0 saturated carbocycles. The first-order chi connectivity index (χ1) is 23.6. The van der Waals surface area contributed by atoms with Gasteiger partial charge in [0.15, 0.2) is 0 Å². The standard InChI is InChI=1S/C39H56BrN3O7/c1-8-10-19-29(45)49-24-28(26-17-13-11-14-18-26)41-34(46)30-31-35(47)42(21-15-12-16-22-44)33(39(31)23-27(40)32(30)50-39)36(48)43(20-9-2)38(6,7)25-37(3,4)5/h8-9,11,13-14,17-18,27-28,30-33,44H,1-2,10,12,15-16,19-25H2,3-7H3,(H,41,46)/t27?,28-,30+,31-,32+,33+,39-/m0/s1. The van der Waals surface area contributed by atoms with Gasteiger partial charge in [-0.15, -0.1) is 13.2 Å². The van der Waals surface area contributed by atoms with Crippen LogP contribution in [0.5, 0.6) is 0 Å². The van der Waals surface area contributed by atoms with Gasteiger partial charge in [0, 0.05) is 36.5 Å². The zero-order chi connectivity index (χ0) is 36.9. The Hall–Kier alpha value is -3.02. The molecule has 11 heteroatoms. The van der Waals surface area contributed by atoms with Gasteiger partial charge in [0.05, 0.1) is 24.0 Å². The summed E-state index contributed by atoms with van der Waals surface area (Å²) in [5.41, 5.74) is -1.12. The molecule has 50 heavy (non-hydrogen) atoms. The van der Waals surface area contributed by atoms with E-state index in [0.29, 0.717) is 51.6 Å². The summed E-state index contributed by atoms with van der Waals surface area (Å²) < 4.78 is 12.4. The molecule has 1 aromatic rings. The van der Waals surface area contributed by atoms with Gasteiger partial charge in [-0.2, -0.15) is 0 Å². The molecule has 1 unspecified atom stereocenters. The number of carbonyl (C=O) groups excluding carboxylic acids is 4. The average molecular weight is 759 g/mol. The van der Waals surface area contributed by atoms with Gasteiger partial charge in [0.2, 0.25) is 17.7 Å². The third-order valence-corrected chi connectivity index (χ3v) is 11.0. The number of allylic oxidation sites excluding steroid dienone is 1. The fraction of sp³-hybridized carbons (Fsp3) is 0.641. The zero-order valence-corrected chi connectivity index (χ0v) is 32.0. The predicted molar refractivity (Wildman–Crippen MR) is 196 cm³/mol. The highest BCUT2D eigenvalue weighted by molar-refractivity contribution is 9.09. The summed E-state index contributed by atoms with van der Waals surface area (Å²) in [5, 5.41) is 12.5. The number of aliphatic hydroxyl groups is 1. The van der Waals surface area contributed by atoms with Gasteiger partial charge in [-0.1, -0.05) is 79.2 Å². The van der Waals surface area contributed by atoms with Crippen LogP contribution in [-0.4, -0.2) is 93.0 Å². The van der Waals surface area contributed by atoms with Crippen LogP contribution < -0.4 is 5.32 Å². The molecule has 3 aliphatic heterocycles. The number of unbranched alkanes of at least 4 members (excludes halogenated alkanes) is 2. The normalized spacial score (nSPS) is 26.3. The van der Waals surface area contributed by atoms with E-state index in [2.05, 4.69) is 55.2 Å². The Labute approximate surface area is 306 Å². The summed E-state index contributed by atoms with van der Waals surface area (Å²) in [5.74, 6) is -3.03. The van der Waals surface area contributed by atoms with Crippen LogP contribution in [0.1, 0.15) is 91.2 Å². The SMILES string of the molecule is C=CCCC(=O)OC[C@H](NC(=O)[C@H]1[C@@H]2O[C@@]3(CC2Br)[C@@H]1C(=O)N(CCCCCO)[C@@H]3C(=O)N(CC=C)C(C)(C)CC(C)(C)C)c1ccccc1. The van der Waals surface area contributed by atoms with E-state index in [4.69, 9.17) is 9.47 Å².